The van der Waals surface area contributed by atoms with E-state index in [2.05, 4.69) is 99.9 Å². The zero-order valence-electron chi connectivity index (χ0n) is 37.2. The molecule has 0 spiro atoms. The predicted octanol–water partition coefficient (Wildman–Crippen LogP) is 12.3. The minimum atomic E-state index is -0.631. The molecule has 0 fully saturated rings. The van der Waals surface area contributed by atoms with Crippen LogP contribution in [0.3, 0.4) is 0 Å². The maximum atomic E-state index is 13.5. The van der Waals surface area contributed by atoms with Crippen molar-refractivity contribution in [2.75, 3.05) is 22.9 Å². The van der Waals surface area contributed by atoms with Crippen molar-refractivity contribution in [1.82, 2.24) is 0 Å². The molecule has 0 heterocycles. The largest absolute Gasteiger partial charge is 0.457 e. The summed E-state index contributed by atoms with van der Waals surface area (Å²) in [5.74, 6) is -1.38. The number of para-hydroxylation sites is 2. The summed E-state index contributed by atoms with van der Waals surface area (Å²) in [5.41, 5.74) is 3.48. The molecule has 2 amide bonds. The van der Waals surface area contributed by atoms with Crippen molar-refractivity contribution in [1.29, 1.82) is 0 Å². The molecule has 0 bridgehead atoms. The fourth-order valence-corrected chi connectivity index (χ4v) is 6.65. The summed E-state index contributed by atoms with van der Waals surface area (Å²) in [5, 5.41) is 0. The first-order chi connectivity index (χ1) is 27.6. The topological polar surface area (TPSA) is 93.2 Å². The first kappa shape index (κ1) is 50.1. The molecule has 0 saturated heterocycles. The van der Waals surface area contributed by atoms with Crippen molar-refractivity contribution in [3.63, 3.8) is 0 Å². The van der Waals surface area contributed by atoms with E-state index in [0.717, 1.165) is 29.6 Å². The van der Waals surface area contributed by atoms with Gasteiger partial charge in [0.2, 0.25) is 0 Å². The Morgan fingerprint density at radius 2 is 0.767 bits per heavy atom. The van der Waals surface area contributed by atoms with Crippen molar-refractivity contribution in [2.45, 2.75) is 105 Å². The van der Waals surface area contributed by atoms with E-state index in [0.29, 0.717) is 11.1 Å². The van der Waals surface area contributed by atoms with Crippen LogP contribution < -0.4 is 9.80 Å². The molecule has 0 aromatic heterocycles. The second kappa shape index (κ2) is 20.5. The lowest BCUT2D eigenvalue weighted by Crippen LogP contribution is -2.37. The number of ether oxygens (including phenoxy) is 2. The zero-order chi connectivity index (χ0) is 45.4. The average molecular weight is 1040 g/mol. The Hall–Kier alpha value is -4.30. The van der Waals surface area contributed by atoms with Gasteiger partial charge in [-0.3, -0.25) is 9.59 Å². The highest BCUT2D eigenvalue weighted by atomic mass is 127. The van der Waals surface area contributed by atoms with Gasteiger partial charge >= 0.3 is 11.9 Å². The zero-order valence-corrected chi connectivity index (χ0v) is 41.5. The van der Waals surface area contributed by atoms with Crippen LogP contribution in [-0.2, 0) is 29.9 Å². The highest BCUT2D eigenvalue weighted by Crippen LogP contribution is 2.35. The standard InChI is InChI=1S/2C25H30INO3/c2*1-17(23(29)30-25(5,6)7)16-27(22(28)18-12-14-19(26)15-13-18)21-11-9-8-10-20(21)24(2,3)4/h2*8-15H,1,16H2,2-7H3. The lowest BCUT2D eigenvalue weighted by molar-refractivity contribution is -0.150. The third kappa shape index (κ3) is 15.0. The van der Waals surface area contributed by atoms with Crippen LogP contribution in [0, 0.1) is 7.14 Å². The molecule has 0 aliphatic rings. The summed E-state index contributed by atoms with van der Waals surface area (Å²) in [6, 6.07) is 30.3. The molecule has 0 saturated carbocycles. The molecule has 0 unspecified atom stereocenters. The quantitative estimate of drug-likeness (QED) is 0.0892. The lowest BCUT2D eigenvalue weighted by atomic mass is 9.85. The van der Waals surface area contributed by atoms with Gasteiger partial charge in [-0.25, -0.2) is 9.59 Å². The molecule has 0 atom stereocenters. The monoisotopic (exact) mass is 1040 g/mol. The number of rotatable bonds is 10. The van der Waals surface area contributed by atoms with Gasteiger partial charge in [0, 0.05) is 40.8 Å². The Labute approximate surface area is 385 Å². The number of esters is 2. The molecule has 10 heteroatoms. The van der Waals surface area contributed by atoms with Crippen LogP contribution in [0.4, 0.5) is 11.4 Å². The number of amides is 2. The molecule has 0 radical (unpaired) electrons. The number of benzene rings is 4. The number of anilines is 2. The van der Waals surface area contributed by atoms with Gasteiger partial charge in [-0.05, 0) is 169 Å². The average Bonchev–Trinajstić information content (AvgIpc) is 3.14. The number of hydrogen-bond donors (Lipinski definition) is 0. The van der Waals surface area contributed by atoms with Crippen molar-refractivity contribution in [3.05, 3.63) is 151 Å². The number of hydrogen-bond acceptors (Lipinski definition) is 6. The van der Waals surface area contributed by atoms with Gasteiger partial charge in [-0.2, -0.15) is 0 Å². The molecular formula is C50H60I2N2O6. The molecule has 4 rings (SSSR count). The normalized spacial score (nSPS) is 11.7. The second-order valence-electron chi connectivity index (χ2n) is 18.5. The van der Waals surface area contributed by atoms with Crippen LogP contribution >= 0.6 is 45.2 Å². The lowest BCUT2D eigenvalue weighted by Gasteiger charge is -2.31. The Bertz CT molecular complexity index is 2030. The first-order valence-electron chi connectivity index (χ1n) is 19.7. The third-order valence-electron chi connectivity index (χ3n) is 8.75. The van der Waals surface area contributed by atoms with Crippen LogP contribution in [0.2, 0.25) is 0 Å². The first-order valence-corrected chi connectivity index (χ1v) is 21.9. The second-order valence-corrected chi connectivity index (χ2v) is 21.0. The van der Waals surface area contributed by atoms with E-state index in [4.69, 9.17) is 9.47 Å². The number of halogens is 2. The van der Waals surface area contributed by atoms with Crippen LogP contribution in [0.25, 0.3) is 0 Å². The minimum absolute atomic E-state index is 0.0484. The maximum Gasteiger partial charge on any atom is 0.335 e. The van der Waals surface area contributed by atoms with E-state index in [-0.39, 0.29) is 46.9 Å². The molecular weight excluding hydrogens is 978 g/mol. The Morgan fingerprint density at radius 1 is 0.483 bits per heavy atom. The van der Waals surface area contributed by atoms with Crippen molar-refractivity contribution in [2.24, 2.45) is 0 Å². The SMILES string of the molecule is C=C(CN(C(=O)c1ccc(I)cc1)c1ccccc1C(C)(C)C)C(=O)OC(C)(C)C.C=C(CN(C(=O)c1ccc(I)cc1)c1ccccc1C(C)(C)C)C(=O)OC(C)(C)C. The molecule has 0 aliphatic heterocycles. The van der Waals surface area contributed by atoms with Crippen LogP contribution in [0.5, 0.6) is 0 Å². The fourth-order valence-electron chi connectivity index (χ4n) is 5.93. The Kier molecular flexibility index (Phi) is 17.1. The van der Waals surface area contributed by atoms with Gasteiger partial charge in [0.1, 0.15) is 11.2 Å². The number of carbonyl (C=O) groups excluding carboxylic acids is 4. The van der Waals surface area contributed by atoms with Gasteiger partial charge in [0.25, 0.3) is 11.8 Å². The highest BCUT2D eigenvalue weighted by molar-refractivity contribution is 14.1. The van der Waals surface area contributed by atoms with E-state index in [1.54, 1.807) is 34.1 Å². The van der Waals surface area contributed by atoms with Gasteiger partial charge in [0.05, 0.1) is 13.1 Å². The van der Waals surface area contributed by atoms with Crippen molar-refractivity contribution >= 4 is 80.3 Å². The summed E-state index contributed by atoms with van der Waals surface area (Å²) in [6.07, 6.45) is 0. The molecule has 60 heavy (non-hydrogen) atoms. The molecule has 320 valence electrons. The van der Waals surface area contributed by atoms with Crippen LogP contribution in [0.15, 0.2) is 121 Å². The minimum Gasteiger partial charge on any atom is -0.457 e. The maximum absolute atomic E-state index is 13.5. The molecule has 0 N–H and O–H groups in total. The van der Waals surface area contributed by atoms with E-state index in [9.17, 15) is 19.2 Å². The summed E-state index contributed by atoms with van der Waals surface area (Å²) >= 11 is 4.41. The number of nitrogens with zero attached hydrogens (tertiary/aromatic N) is 2. The van der Waals surface area contributed by atoms with E-state index < -0.39 is 23.1 Å². The van der Waals surface area contributed by atoms with Crippen molar-refractivity contribution < 1.29 is 28.7 Å². The van der Waals surface area contributed by atoms with Gasteiger partial charge in [0.15, 0.2) is 0 Å². The van der Waals surface area contributed by atoms with E-state index in [1.807, 2.05) is 114 Å². The smallest absolute Gasteiger partial charge is 0.335 e. The van der Waals surface area contributed by atoms with Crippen LogP contribution in [-0.4, -0.2) is 48.0 Å². The molecule has 8 nitrogen and oxygen atoms in total. The summed E-state index contributed by atoms with van der Waals surface area (Å²) < 4.78 is 13.0. The van der Waals surface area contributed by atoms with Gasteiger partial charge < -0.3 is 19.3 Å². The molecule has 4 aromatic rings. The third-order valence-corrected chi connectivity index (χ3v) is 10.2. The van der Waals surface area contributed by atoms with Crippen molar-refractivity contribution in [3.8, 4) is 0 Å². The van der Waals surface area contributed by atoms with Crippen LogP contribution in [0.1, 0.15) is 115 Å². The molecule has 0 aliphatic carbocycles. The predicted molar refractivity (Wildman–Crippen MR) is 262 cm³/mol. The highest BCUT2D eigenvalue weighted by Gasteiger charge is 2.30. The van der Waals surface area contributed by atoms with E-state index >= 15 is 0 Å². The summed E-state index contributed by atoms with van der Waals surface area (Å²) in [7, 11) is 0. The van der Waals surface area contributed by atoms with Gasteiger partial charge in [-0.15, -0.1) is 0 Å². The van der Waals surface area contributed by atoms with Gasteiger partial charge in [-0.1, -0.05) is 91.1 Å². The fraction of sp³-hybridized carbons (Fsp3) is 0.360. The Morgan fingerprint density at radius 3 is 1.03 bits per heavy atom. The Balaban J connectivity index is 0.000000320. The van der Waals surface area contributed by atoms with E-state index in [1.165, 1.54) is 0 Å². The molecule has 4 aromatic carbocycles. The number of carbonyl (C=O) groups is 4. The summed E-state index contributed by atoms with van der Waals surface area (Å²) in [6.45, 7) is 31.4. The summed E-state index contributed by atoms with van der Waals surface area (Å²) in [4.78, 5) is 55.4.